The molecule has 1 unspecified atom stereocenters. The number of nitro groups is 1. The number of para-hydroxylation sites is 1. The topological polar surface area (TPSA) is 55.2 Å². The Balaban J connectivity index is 3.06. The highest BCUT2D eigenvalue weighted by molar-refractivity contribution is 6.33. The number of halogens is 1. The molecule has 0 aliphatic heterocycles. The van der Waals surface area contributed by atoms with Gasteiger partial charge in [0.1, 0.15) is 5.69 Å². The lowest BCUT2D eigenvalue weighted by atomic mass is 10.1. The molecule has 0 fully saturated rings. The van der Waals surface area contributed by atoms with Gasteiger partial charge in [-0.15, -0.1) is 0 Å². The molecule has 0 radical (unpaired) electrons. The second-order valence-electron chi connectivity index (χ2n) is 4.07. The summed E-state index contributed by atoms with van der Waals surface area (Å²) < 4.78 is 0. The maximum absolute atomic E-state index is 10.8. The average molecular weight is 243 g/mol. The summed E-state index contributed by atoms with van der Waals surface area (Å²) in [5, 5.41) is 14.3. The van der Waals surface area contributed by atoms with E-state index in [-0.39, 0.29) is 11.7 Å². The Morgan fingerprint density at radius 1 is 1.38 bits per heavy atom. The predicted octanol–water partition coefficient (Wildman–Crippen LogP) is 3.70. The Kier molecular flexibility index (Phi) is 4.12. The predicted molar refractivity (Wildman–Crippen MR) is 66.0 cm³/mol. The van der Waals surface area contributed by atoms with Gasteiger partial charge in [0.2, 0.25) is 0 Å². The lowest BCUT2D eigenvalue weighted by molar-refractivity contribution is -0.384. The van der Waals surface area contributed by atoms with Gasteiger partial charge in [-0.3, -0.25) is 10.1 Å². The van der Waals surface area contributed by atoms with Crippen molar-refractivity contribution in [3.63, 3.8) is 0 Å². The van der Waals surface area contributed by atoms with E-state index in [0.717, 1.165) is 0 Å². The molecule has 0 bridgehead atoms. The van der Waals surface area contributed by atoms with Crippen LogP contribution in [0.25, 0.3) is 0 Å². The van der Waals surface area contributed by atoms with E-state index in [1.54, 1.807) is 12.1 Å². The van der Waals surface area contributed by atoms with Crippen LogP contribution in [0.4, 0.5) is 11.4 Å². The maximum atomic E-state index is 10.8. The fraction of sp³-hybridized carbons (Fsp3) is 0.455. The zero-order valence-corrected chi connectivity index (χ0v) is 10.3. The second kappa shape index (κ2) is 5.16. The zero-order valence-electron chi connectivity index (χ0n) is 9.53. The normalized spacial score (nSPS) is 12.6. The molecule has 5 heteroatoms. The van der Waals surface area contributed by atoms with Gasteiger partial charge < -0.3 is 5.32 Å². The molecule has 0 amide bonds. The standard InChI is InChI=1S/C11H15ClN2O2/c1-7(2)8(3)13-11-9(12)5-4-6-10(11)14(15)16/h4-8,13H,1-3H3. The fourth-order valence-corrected chi connectivity index (χ4v) is 1.43. The van der Waals surface area contributed by atoms with Crippen molar-refractivity contribution in [2.45, 2.75) is 26.8 Å². The van der Waals surface area contributed by atoms with Crippen LogP contribution in [0.3, 0.4) is 0 Å². The summed E-state index contributed by atoms with van der Waals surface area (Å²) in [5.41, 5.74) is 0.412. The largest absolute Gasteiger partial charge is 0.376 e. The minimum atomic E-state index is -0.429. The fourth-order valence-electron chi connectivity index (χ4n) is 1.20. The van der Waals surface area contributed by atoms with Gasteiger partial charge in [-0.25, -0.2) is 0 Å². The van der Waals surface area contributed by atoms with Crippen LogP contribution in [0.1, 0.15) is 20.8 Å². The Hall–Kier alpha value is -1.29. The molecule has 16 heavy (non-hydrogen) atoms. The molecule has 1 aromatic carbocycles. The highest BCUT2D eigenvalue weighted by Gasteiger charge is 2.19. The summed E-state index contributed by atoms with van der Waals surface area (Å²) in [6.45, 7) is 6.05. The first-order valence-corrected chi connectivity index (χ1v) is 5.50. The van der Waals surface area contributed by atoms with E-state index in [4.69, 9.17) is 11.6 Å². The number of hydrogen-bond acceptors (Lipinski definition) is 3. The lowest BCUT2D eigenvalue weighted by Crippen LogP contribution is -2.22. The number of nitro benzene ring substituents is 1. The molecular formula is C11H15ClN2O2. The Labute approximate surface area is 99.8 Å². The van der Waals surface area contributed by atoms with Crippen LogP contribution in [0.15, 0.2) is 18.2 Å². The minimum Gasteiger partial charge on any atom is -0.376 e. The van der Waals surface area contributed by atoms with Gasteiger partial charge >= 0.3 is 0 Å². The number of nitrogens with zero attached hydrogens (tertiary/aromatic N) is 1. The number of anilines is 1. The minimum absolute atomic E-state index is 0.0139. The van der Waals surface area contributed by atoms with Crippen LogP contribution in [-0.2, 0) is 0 Å². The van der Waals surface area contributed by atoms with Crippen LogP contribution in [-0.4, -0.2) is 11.0 Å². The SMILES string of the molecule is CC(C)C(C)Nc1c(Cl)cccc1[N+](=O)[O-]. The molecule has 0 saturated heterocycles. The smallest absolute Gasteiger partial charge is 0.293 e. The lowest BCUT2D eigenvalue weighted by Gasteiger charge is -2.19. The molecule has 1 N–H and O–H groups in total. The second-order valence-corrected chi connectivity index (χ2v) is 4.48. The van der Waals surface area contributed by atoms with Crippen LogP contribution in [0.5, 0.6) is 0 Å². The molecule has 0 aliphatic rings. The number of hydrogen-bond donors (Lipinski definition) is 1. The van der Waals surface area contributed by atoms with Gasteiger partial charge in [0.25, 0.3) is 5.69 Å². The number of benzene rings is 1. The Bertz CT molecular complexity index is 394. The van der Waals surface area contributed by atoms with Gasteiger partial charge in [-0.05, 0) is 18.9 Å². The molecule has 0 spiro atoms. The third kappa shape index (κ3) is 2.85. The van der Waals surface area contributed by atoms with Gasteiger partial charge in [0, 0.05) is 12.1 Å². The molecule has 88 valence electrons. The Morgan fingerprint density at radius 3 is 2.50 bits per heavy atom. The molecular weight excluding hydrogens is 228 g/mol. The van der Waals surface area contributed by atoms with Gasteiger partial charge in [0.05, 0.1) is 9.95 Å². The van der Waals surface area contributed by atoms with Crippen molar-refractivity contribution in [2.75, 3.05) is 5.32 Å². The highest BCUT2D eigenvalue weighted by atomic mass is 35.5. The zero-order chi connectivity index (χ0) is 12.3. The van der Waals surface area contributed by atoms with Crippen molar-refractivity contribution in [3.8, 4) is 0 Å². The van der Waals surface area contributed by atoms with Crippen molar-refractivity contribution in [1.82, 2.24) is 0 Å². The van der Waals surface area contributed by atoms with E-state index in [0.29, 0.717) is 16.6 Å². The third-order valence-corrected chi connectivity index (χ3v) is 2.88. The summed E-state index contributed by atoms with van der Waals surface area (Å²) in [6.07, 6.45) is 0. The van der Waals surface area contributed by atoms with Gasteiger partial charge in [0.15, 0.2) is 0 Å². The molecule has 0 saturated carbocycles. The third-order valence-electron chi connectivity index (χ3n) is 2.56. The van der Waals surface area contributed by atoms with Crippen LogP contribution in [0.2, 0.25) is 5.02 Å². The van der Waals surface area contributed by atoms with E-state index < -0.39 is 4.92 Å². The highest BCUT2D eigenvalue weighted by Crippen LogP contribution is 2.32. The molecule has 0 heterocycles. The van der Waals surface area contributed by atoms with E-state index in [2.05, 4.69) is 5.32 Å². The quantitative estimate of drug-likeness (QED) is 0.647. The van der Waals surface area contributed by atoms with Crippen molar-refractivity contribution in [3.05, 3.63) is 33.3 Å². The van der Waals surface area contributed by atoms with E-state index in [1.165, 1.54) is 6.07 Å². The number of rotatable bonds is 4. The van der Waals surface area contributed by atoms with E-state index in [9.17, 15) is 10.1 Å². The van der Waals surface area contributed by atoms with Gasteiger partial charge in [-0.1, -0.05) is 31.5 Å². The van der Waals surface area contributed by atoms with Crippen LogP contribution in [0, 0.1) is 16.0 Å². The summed E-state index contributed by atoms with van der Waals surface area (Å²) in [4.78, 5) is 10.4. The summed E-state index contributed by atoms with van der Waals surface area (Å²) >= 11 is 5.96. The first-order chi connectivity index (χ1) is 7.43. The molecule has 1 atom stereocenters. The molecule has 0 aliphatic carbocycles. The number of nitrogens with one attached hydrogen (secondary N) is 1. The van der Waals surface area contributed by atoms with E-state index in [1.807, 2.05) is 20.8 Å². The average Bonchev–Trinajstić information content (AvgIpc) is 2.20. The first-order valence-electron chi connectivity index (χ1n) is 5.13. The Morgan fingerprint density at radius 2 is 2.00 bits per heavy atom. The van der Waals surface area contributed by atoms with Crippen LogP contribution < -0.4 is 5.32 Å². The van der Waals surface area contributed by atoms with Gasteiger partial charge in [-0.2, -0.15) is 0 Å². The maximum Gasteiger partial charge on any atom is 0.293 e. The van der Waals surface area contributed by atoms with Crippen LogP contribution >= 0.6 is 11.6 Å². The molecule has 0 aromatic heterocycles. The summed E-state index contributed by atoms with van der Waals surface area (Å²) in [5.74, 6) is 0.371. The first kappa shape index (κ1) is 12.8. The van der Waals surface area contributed by atoms with E-state index >= 15 is 0 Å². The van der Waals surface area contributed by atoms with Crippen molar-refractivity contribution >= 4 is 23.0 Å². The van der Waals surface area contributed by atoms with Crippen molar-refractivity contribution < 1.29 is 4.92 Å². The molecule has 1 aromatic rings. The molecule has 1 rings (SSSR count). The monoisotopic (exact) mass is 242 g/mol. The summed E-state index contributed by atoms with van der Waals surface area (Å²) in [7, 11) is 0. The molecule has 4 nitrogen and oxygen atoms in total. The van der Waals surface area contributed by atoms with Crippen molar-refractivity contribution in [2.24, 2.45) is 5.92 Å². The summed E-state index contributed by atoms with van der Waals surface area (Å²) in [6, 6.07) is 4.79. The van der Waals surface area contributed by atoms with Crippen molar-refractivity contribution in [1.29, 1.82) is 0 Å².